The molecular formula is C18H21N3O4S. The molecule has 1 amide bonds. The van der Waals surface area contributed by atoms with Crippen molar-refractivity contribution in [1.82, 2.24) is 10.3 Å². The molecule has 0 aliphatic carbocycles. The summed E-state index contributed by atoms with van der Waals surface area (Å²) in [4.78, 5) is 27.9. The maximum atomic E-state index is 12.4. The molecule has 2 heterocycles. The first-order chi connectivity index (χ1) is 12.7. The molecule has 1 aliphatic rings. The number of carbonyl (C=O) groups is 2. The van der Waals surface area contributed by atoms with Crippen molar-refractivity contribution in [3.63, 3.8) is 0 Å². The van der Waals surface area contributed by atoms with Gasteiger partial charge in [0, 0.05) is 17.0 Å². The minimum Gasteiger partial charge on any atom is -0.482 e. The molecule has 3 rings (SSSR count). The van der Waals surface area contributed by atoms with E-state index in [-0.39, 0.29) is 12.5 Å². The van der Waals surface area contributed by atoms with Crippen molar-refractivity contribution in [3.05, 3.63) is 40.3 Å². The zero-order chi connectivity index (χ0) is 18.4. The number of esters is 1. The third-order valence-electron chi connectivity index (χ3n) is 4.14. The Morgan fingerprint density at radius 2 is 2.00 bits per heavy atom. The van der Waals surface area contributed by atoms with Crippen LogP contribution in [0.5, 0.6) is 5.75 Å². The highest BCUT2D eigenvalue weighted by Crippen LogP contribution is 2.28. The zero-order valence-corrected chi connectivity index (χ0v) is 15.3. The van der Waals surface area contributed by atoms with Crippen LogP contribution in [0.25, 0.3) is 0 Å². The van der Waals surface area contributed by atoms with Gasteiger partial charge in [0.05, 0.1) is 12.1 Å². The SMILES string of the molecule is COC(=O)COc1ccc(NC(=O)c2csc(C3CCNCC3)n2)cc1. The maximum Gasteiger partial charge on any atom is 0.343 e. The number of methoxy groups -OCH3 is 1. The predicted molar refractivity (Wildman–Crippen MR) is 98.9 cm³/mol. The third-order valence-corrected chi connectivity index (χ3v) is 5.15. The van der Waals surface area contributed by atoms with Crippen molar-refractivity contribution in [2.24, 2.45) is 0 Å². The number of aromatic nitrogens is 1. The Labute approximate surface area is 155 Å². The van der Waals surface area contributed by atoms with E-state index in [0.29, 0.717) is 23.0 Å². The first-order valence-electron chi connectivity index (χ1n) is 8.43. The van der Waals surface area contributed by atoms with Gasteiger partial charge in [0.2, 0.25) is 0 Å². The van der Waals surface area contributed by atoms with Crippen molar-refractivity contribution in [3.8, 4) is 5.75 Å². The van der Waals surface area contributed by atoms with Gasteiger partial charge in [-0.1, -0.05) is 0 Å². The number of hydrogen-bond donors (Lipinski definition) is 2. The lowest BCUT2D eigenvalue weighted by molar-refractivity contribution is -0.142. The van der Waals surface area contributed by atoms with Gasteiger partial charge in [0.25, 0.3) is 5.91 Å². The predicted octanol–water partition coefficient (Wildman–Crippen LogP) is 2.41. The molecule has 0 spiro atoms. The third kappa shape index (κ3) is 4.80. The van der Waals surface area contributed by atoms with Gasteiger partial charge in [-0.05, 0) is 50.2 Å². The van der Waals surface area contributed by atoms with Gasteiger partial charge < -0.3 is 20.1 Å². The lowest BCUT2D eigenvalue weighted by atomic mass is 9.99. The Balaban J connectivity index is 1.56. The maximum absolute atomic E-state index is 12.4. The molecule has 26 heavy (non-hydrogen) atoms. The van der Waals surface area contributed by atoms with Crippen LogP contribution < -0.4 is 15.4 Å². The Morgan fingerprint density at radius 1 is 1.27 bits per heavy atom. The van der Waals surface area contributed by atoms with Crippen molar-refractivity contribution >= 4 is 28.9 Å². The Hall–Kier alpha value is -2.45. The second kappa shape index (κ2) is 8.77. The zero-order valence-electron chi connectivity index (χ0n) is 14.5. The van der Waals surface area contributed by atoms with Crippen molar-refractivity contribution in [2.75, 3.05) is 32.1 Å². The molecule has 8 heteroatoms. The number of benzene rings is 1. The number of carbonyl (C=O) groups excluding carboxylic acids is 2. The van der Waals surface area contributed by atoms with Crippen LogP contribution in [0.1, 0.15) is 34.3 Å². The summed E-state index contributed by atoms with van der Waals surface area (Å²) in [5.41, 5.74) is 1.08. The molecule has 0 bridgehead atoms. The lowest BCUT2D eigenvalue weighted by Gasteiger charge is -2.20. The van der Waals surface area contributed by atoms with E-state index in [1.807, 2.05) is 0 Å². The van der Waals surface area contributed by atoms with E-state index in [1.165, 1.54) is 7.11 Å². The van der Waals surface area contributed by atoms with Crippen LogP contribution in [0, 0.1) is 0 Å². The van der Waals surface area contributed by atoms with Crippen molar-refractivity contribution in [2.45, 2.75) is 18.8 Å². The molecule has 2 aromatic rings. The van der Waals surface area contributed by atoms with E-state index < -0.39 is 5.97 Å². The van der Waals surface area contributed by atoms with Gasteiger partial charge >= 0.3 is 5.97 Å². The van der Waals surface area contributed by atoms with E-state index in [2.05, 4.69) is 20.4 Å². The van der Waals surface area contributed by atoms with Gasteiger partial charge in [0.1, 0.15) is 11.4 Å². The molecule has 0 unspecified atom stereocenters. The number of nitrogens with one attached hydrogen (secondary N) is 2. The van der Waals surface area contributed by atoms with Gasteiger partial charge in [-0.25, -0.2) is 9.78 Å². The number of anilines is 1. The highest BCUT2D eigenvalue weighted by Gasteiger charge is 2.20. The molecule has 1 aromatic carbocycles. The average Bonchev–Trinajstić information content (AvgIpc) is 3.18. The highest BCUT2D eigenvalue weighted by molar-refractivity contribution is 7.09. The van der Waals surface area contributed by atoms with Crippen LogP contribution in [-0.4, -0.2) is 43.7 Å². The quantitative estimate of drug-likeness (QED) is 0.754. The van der Waals surface area contributed by atoms with Crippen molar-refractivity contribution < 1.29 is 19.1 Å². The molecule has 1 saturated heterocycles. The molecule has 1 aliphatic heterocycles. The van der Waals surface area contributed by atoms with Crippen LogP contribution in [0.15, 0.2) is 29.6 Å². The summed E-state index contributed by atoms with van der Waals surface area (Å²) in [6, 6.07) is 6.79. The fourth-order valence-corrected chi connectivity index (χ4v) is 3.65. The highest BCUT2D eigenvalue weighted by atomic mass is 32.1. The van der Waals surface area contributed by atoms with Crippen LogP contribution in [0.2, 0.25) is 0 Å². The largest absolute Gasteiger partial charge is 0.482 e. The summed E-state index contributed by atoms with van der Waals surface area (Å²) in [5.74, 6) is 0.282. The summed E-state index contributed by atoms with van der Waals surface area (Å²) in [6.07, 6.45) is 2.11. The van der Waals surface area contributed by atoms with Gasteiger partial charge in [-0.3, -0.25) is 4.79 Å². The smallest absolute Gasteiger partial charge is 0.343 e. The fourth-order valence-electron chi connectivity index (χ4n) is 2.68. The summed E-state index contributed by atoms with van der Waals surface area (Å²) >= 11 is 1.55. The van der Waals surface area contributed by atoms with E-state index in [9.17, 15) is 9.59 Å². The Bertz CT molecular complexity index is 754. The fraction of sp³-hybridized carbons (Fsp3) is 0.389. The summed E-state index contributed by atoms with van der Waals surface area (Å²) in [5, 5.41) is 8.99. The number of nitrogens with zero attached hydrogens (tertiary/aromatic N) is 1. The number of amides is 1. The number of rotatable bonds is 6. The normalized spacial score (nSPS) is 14.7. The van der Waals surface area contributed by atoms with E-state index in [1.54, 1.807) is 41.0 Å². The molecule has 0 radical (unpaired) electrons. The monoisotopic (exact) mass is 375 g/mol. The van der Waals surface area contributed by atoms with E-state index in [4.69, 9.17) is 4.74 Å². The first kappa shape index (κ1) is 18.3. The van der Waals surface area contributed by atoms with Gasteiger partial charge in [0.15, 0.2) is 6.61 Å². The number of thiazole rings is 1. The van der Waals surface area contributed by atoms with Crippen LogP contribution in [0.4, 0.5) is 5.69 Å². The molecule has 0 atom stereocenters. The van der Waals surface area contributed by atoms with Crippen LogP contribution in [-0.2, 0) is 9.53 Å². The van der Waals surface area contributed by atoms with Gasteiger partial charge in [-0.2, -0.15) is 0 Å². The summed E-state index contributed by atoms with van der Waals surface area (Å²) < 4.78 is 9.78. The minimum absolute atomic E-state index is 0.152. The van der Waals surface area contributed by atoms with Crippen LogP contribution >= 0.6 is 11.3 Å². The molecule has 138 valence electrons. The Morgan fingerprint density at radius 3 is 2.69 bits per heavy atom. The minimum atomic E-state index is -0.449. The second-order valence-electron chi connectivity index (χ2n) is 5.94. The number of hydrogen-bond acceptors (Lipinski definition) is 7. The molecule has 7 nitrogen and oxygen atoms in total. The average molecular weight is 375 g/mol. The second-order valence-corrected chi connectivity index (χ2v) is 6.83. The molecule has 1 aromatic heterocycles. The molecule has 1 fully saturated rings. The molecular weight excluding hydrogens is 354 g/mol. The number of ether oxygens (including phenoxy) is 2. The van der Waals surface area contributed by atoms with Crippen LogP contribution in [0.3, 0.4) is 0 Å². The van der Waals surface area contributed by atoms with Crippen molar-refractivity contribution in [1.29, 1.82) is 0 Å². The van der Waals surface area contributed by atoms with Gasteiger partial charge in [-0.15, -0.1) is 11.3 Å². The first-order valence-corrected chi connectivity index (χ1v) is 9.31. The lowest BCUT2D eigenvalue weighted by Crippen LogP contribution is -2.26. The summed E-state index contributed by atoms with van der Waals surface area (Å²) in [6.45, 7) is 1.84. The molecule has 2 N–H and O–H groups in total. The van der Waals surface area contributed by atoms with E-state index >= 15 is 0 Å². The number of piperidine rings is 1. The summed E-state index contributed by atoms with van der Waals surface area (Å²) in [7, 11) is 1.30. The molecule has 0 saturated carbocycles. The topological polar surface area (TPSA) is 89.5 Å². The van der Waals surface area contributed by atoms with E-state index in [0.717, 1.165) is 30.9 Å². The Kier molecular flexibility index (Phi) is 6.19. The standard InChI is InChI=1S/C18H21N3O4S/c1-24-16(22)10-25-14-4-2-13(3-5-14)20-17(23)15-11-26-18(21-15)12-6-8-19-9-7-12/h2-5,11-12,19H,6-10H2,1H3,(H,20,23).